The summed E-state index contributed by atoms with van der Waals surface area (Å²) in [6, 6.07) is 1.28. The molecule has 0 radical (unpaired) electrons. The highest BCUT2D eigenvalue weighted by Gasteiger charge is 2.36. The molecule has 1 aromatic heterocycles. The molecule has 5 heteroatoms. The predicted molar refractivity (Wildman–Crippen MR) is 79.2 cm³/mol. The van der Waals surface area contributed by atoms with Crippen LogP contribution in [0.2, 0.25) is 0 Å². The molecule has 2 atom stereocenters. The fraction of sp³-hybridized carbons (Fsp3) is 0.600. The molecule has 0 aromatic carbocycles. The molecule has 1 saturated heterocycles. The summed E-state index contributed by atoms with van der Waals surface area (Å²) in [5.41, 5.74) is 1.02. The van der Waals surface area contributed by atoms with Gasteiger partial charge in [0.2, 0.25) is 0 Å². The van der Waals surface area contributed by atoms with Crippen molar-refractivity contribution in [3.63, 3.8) is 0 Å². The first-order valence-corrected chi connectivity index (χ1v) is 8.06. The number of carbonyl (C=O) groups excluding carboxylic acids is 1. The summed E-state index contributed by atoms with van der Waals surface area (Å²) in [4.78, 5) is 26.3. The van der Waals surface area contributed by atoms with Crippen LogP contribution in [0, 0.1) is 5.92 Å². The molecule has 1 fully saturated rings. The van der Waals surface area contributed by atoms with E-state index in [1.165, 1.54) is 11.3 Å². The molecule has 2 heterocycles. The number of rotatable bonds is 4. The number of piperidine rings is 1. The van der Waals surface area contributed by atoms with Crippen molar-refractivity contribution in [2.45, 2.75) is 45.6 Å². The zero-order chi connectivity index (χ0) is 14.7. The summed E-state index contributed by atoms with van der Waals surface area (Å²) in [6.45, 7) is 4.64. The molecule has 1 aliphatic rings. The quantitative estimate of drug-likeness (QED) is 0.929. The highest BCUT2D eigenvalue weighted by Crippen LogP contribution is 2.29. The Balaban J connectivity index is 2.21. The van der Waals surface area contributed by atoms with Crippen LogP contribution in [0.3, 0.4) is 0 Å². The average Bonchev–Trinajstić information content (AvgIpc) is 2.94. The van der Waals surface area contributed by atoms with E-state index >= 15 is 0 Å². The first kappa shape index (κ1) is 15.0. The highest BCUT2D eigenvalue weighted by molar-refractivity contribution is 7.12. The van der Waals surface area contributed by atoms with E-state index in [2.05, 4.69) is 6.92 Å². The van der Waals surface area contributed by atoms with Crippen LogP contribution in [0.4, 0.5) is 0 Å². The number of thiophene rings is 1. The Morgan fingerprint density at radius 2 is 2.20 bits per heavy atom. The number of carbonyl (C=O) groups is 2. The van der Waals surface area contributed by atoms with Crippen molar-refractivity contribution in [1.82, 2.24) is 4.90 Å². The van der Waals surface area contributed by atoms with E-state index in [1.807, 2.05) is 18.4 Å². The Morgan fingerprint density at radius 1 is 1.45 bits per heavy atom. The highest BCUT2D eigenvalue weighted by atomic mass is 32.1. The normalized spacial score (nSPS) is 22.8. The topological polar surface area (TPSA) is 57.6 Å². The van der Waals surface area contributed by atoms with Gasteiger partial charge in [-0.15, -0.1) is 11.3 Å². The zero-order valence-corrected chi connectivity index (χ0v) is 12.8. The lowest BCUT2D eigenvalue weighted by atomic mass is 9.88. The van der Waals surface area contributed by atoms with Crippen LogP contribution in [0.15, 0.2) is 11.4 Å². The van der Waals surface area contributed by atoms with Crippen molar-refractivity contribution in [1.29, 1.82) is 0 Å². The summed E-state index contributed by atoms with van der Waals surface area (Å²) < 4.78 is 0. The van der Waals surface area contributed by atoms with E-state index in [9.17, 15) is 14.7 Å². The van der Waals surface area contributed by atoms with Crippen LogP contribution in [0.25, 0.3) is 0 Å². The Morgan fingerprint density at radius 3 is 2.80 bits per heavy atom. The number of aliphatic carboxylic acids is 1. The third-order valence-corrected chi connectivity index (χ3v) is 5.10. The Kier molecular flexibility index (Phi) is 4.81. The summed E-state index contributed by atoms with van der Waals surface area (Å²) in [7, 11) is 0. The monoisotopic (exact) mass is 295 g/mol. The van der Waals surface area contributed by atoms with E-state index in [1.54, 1.807) is 4.90 Å². The maximum atomic E-state index is 12.6. The van der Waals surface area contributed by atoms with Crippen LogP contribution >= 0.6 is 11.3 Å². The molecule has 2 unspecified atom stereocenters. The van der Waals surface area contributed by atoms with E-state index < -0.39 is 12.0 Å². The maximum Gasteiger partial charge on any atom is 0.326 e. The van der Waals surface area contributed by atoms with Gasteiger partial charge in [-0.05, 0) is 42.2 Å². The van der Waals surface area contributed by atoms with Crippen molar-refractivity contribution >= 4 is 23.2 Å². The molecule has 0 aliphatic carbocycles. The van der Waals surface area contributed by atoms with Crippen molar-refractivity contribution in [2.75, 3.05) is 6.54 Å². The van der Waals surface area contributed by atoms with E-state index in [0.717, 1.165) is 24.8 Å². The zero-order valence-electron chi connectivity index (χ0n) is 12.0. The lowest BCUT2D eigenvalue weighted by Crippen LogP contribution is -2.50. The van der Waals surface area contributed by atoms with E-state index in [0.29, 0.717) is 23.8 Å². The Labute approximate surface area is 123 Å². The summed E-state index contributed by atoms with van der Waals surface area (Å²) >= 11 is 1.41. The van der Waals surface area contributed by atoms with Gasteiger partial charge in [-0.25, -0.2) is 4.79 Å². The SMILES string of the molecule is CCc1ccsc1C(=O)N1CCC(CC)CC1C(=O)O. The molecule has 110 valence electrons. The first-order chi connectivity index (χ1) is 9.58. The number of amides is 1. The van der Waals surface area contributed by atoms with Crippen molar-refractivity contribution in [3.05, 3.63) is 21.9 Å². The second kappa shape index (κ2) is 6.39. The molecule has 20 heavy (non-hydrogen) atoms. The Hall–Kier alpha value is -1.36. The number of aryl methyl sites for hydroxylation is 1. The third-order valence-electron chi connectivity index (χ3n) is 4.16. The lowest BCUT2D eigenvalue weighted by Gasteiger charge is -2.36. The molecule has 1 aliphatic heterocycles. The van der Waals surface area contributed by atoms with E-state index in [4.69, 9.17) is 0 Å². The molecular weight excluding hydrogens is 274 g/mol. The smallest absolute Gasteiger partial charge is 0.326 e. The van der Waals surface area contributed by atoms with Crippen molar-refractivity contribution in [2.24, 2.45) is 5.92 Å². The summed E-state index contributed by atoms with van der Waals surface area (Å²) in [6.07, 6.45) is 3.25. The average molecular weight is 295 g/mol. The minimum Gasteiger partial charge on any atom is -0.480 e. The number of nitrogens with zero attached hydrogens (tertiary/aromatic N) is 1. The molecule has 2 rings (SSSR count). The van der Waals surface area contributed by atoms with Gasteiger partial charge in [0.25, 0.3) is 5.91 Å². The van der Waals surface area contributed by atoms with Gasteiger partial charge in [-0.2, -0.15) is 0 Å². The van der Waals surface area contributed by atoms with Crippen LogP contribution in [0.1, 0.15) is 48.3 Å². The molecule has 1 N–H and O–H groups in total. The minimum absolute atomic E-state index is 0.112. The number of carboxylic acid groups (broad SMARTS) is 1. The van der Waals surface area contributed by atoms with Gasteiger partial charge in [0.1, 0.15) is 6.04 Å². The van der Waals surface area contributed by atoms with Gasteiger partial charge < -0.3 is 10.0 Å². The van der Waals surface area contributed by atoms with Gasteiger partial charge in [-0.3, -0.25) is 4.79 Å². The van der Waals surface area contributed by atoms with Crippen molar-refractivity contribution in [3.8, 4) is 0 Å². The van der Waals surface area contributed by atoms with E-state index in [-0.39, 0.29) is 5.91 Å². The fourth-order valence-corrected chi connectivity index (χ4v) is 3.77. The molecule has 0 saturated carbocycles. The lowest BCUT2D eigenvalue weighted by molar-refractivity contribution is -0.144. The van der Waals surface area contributed by atoms with Crippen LogP contribution in [0.5, 0.6) is 0 Å². The summed E-state index contributed by atoms with van der Waals surface area (Å²) in [5, 5.41) is 11.3. The minimum atomic E-state index is -0.883. The van der Waals surface area contributed by atoms with Gasteiger partial charge in [-0.1, -0.05) is 20.3 Å². The molecule has 0 bridgehead atoms. The number of carboxylic acids is 1. The maximum absolute atomic E-state index is 12.6. The van der Waals surface area contributed by atoms with Crippen molar-refractivity contribution < 1.29 is 14.7 Å². The number of hydrogen-bond donors (Lipinski definition) is 1. The van der Waals surface area contributed by atoms with Gasteiger partial charge in [0.05, 0.1) is 4.88 Å². The second-order valence-corrected chi connectivity index (χ2v) is 6.20. The third kappa shape index (κ3) is 2.87. The Bertz CT molecular complexity index is 497. The van der Waals surface area contributed by atoms with Crippen LogP contribution in [-0.2, 0) is 11.2 Å². The molecular formula is C15H21NO3S. The van der Waals surface area contributed by atoms with Gasteiger partial charge in [0.15, 0.2) is 0 Å². The molecule has 0 spiro atoms. The molecule has 1 amide bonds. The number of hydrogen-bond acceptors (Lipinski definition) is 3. The van der Waals surface area contributed by atoms with Gasteiger partial charge >= 0.3 is 5.97 Å². The standard InChI is InChI=1S/C15H21NO3S/c1-3-10-5-7-16(12(9-10)15(18)19)14(17)13-11(4-2)6-8-20-13/h6,8,10,12H,3-5,7,9H2,1-2H3,(H,18,19). The number of likely N-dealkylation sites (tertiary alicyclic amines) is 1. The molecule has 4 nitrogen and oxygen atoms in total. The van der Waals surface area contributed by atoms with Crippen LogP contribution in [-0.4, -0.2) is 34.5 Å². The van der Waals surface area contributed by atoms with Gasteiger partial charge in [0, 0.05) is 6.54 Å². The van der Waals surface area contributed by atoms with Crippen LogP contribution < -0.4 is 0 Å². The summed E-state index contributed by atoms with van der Waals surface area (Å²) in [5.74, 6) is -0.584. The first-order valence-electron chi connectivity index (χ1n) is 7.18. The fourth-order valence-electron chi connectivity index (χ4n) is 2.82. The molecule has 1 aromatic rings. The second-order valence-electron chi connectivity index (χ2n) is 5.28. The largest absolute Gasteiger partial charge is 0.480 e. The predicted octanol–water partition coefficient (Wildman–Crippen LogP) is 3.03.